The molecule has 3 aliphatic rings. The monoisotopic (exact) mass is 285 g/mol. The minimum Gasteiger partial charge on any atom is -0.490 e. The third-order valence-corrected chi connectivity index (χ3v) is 6.22. The molecule has 0 aromatic heterocycles. The Hall–Kier alpha value is -1.02. The smallest absolute Gasteiger partial charge is 0.123 e. The average molecular weight is 285 g/mol. The number of fused-ring (bicyclic) bond motifs is 3. The zero-order chi connectivity index (χ0) is 14.4. The zero-order valence-electron chi connectivity index (χ0n) is 13.3. The lowest BCUT2D eigenvalue weighted by molar-refractivity contribution is 0.0811. The molecule has 2 fully saturated rings. The van der Waals surface area contributed by atoms with Crippen LogP contribution in [0.4, 0.5) is 0 Å². The quantitative estimate of drug-likeness (QED) is 0.910. The summed E-state index contributed by atoms with van der Waals surface area (Å²) >= 11 is 0. The summed E-state index contributed by atoms with van der Waals surface area (Å²) in [6.07, 6.45) is 8.57. The van der Waals surface area contributed by atoms with E-state index < -0.39 is 0 Å². The Morgan fingerprint density at radius 1 is 1.33 bits per heavy atom. The van der Waals surface area contributed by atoms with E-state index in [2.05, 4.69) is 37.5 Å². The van der Waals surface area contributed by atoms with Crippen molar-refractivity contribution in [3.63, 3.8) is 0 Å². The van der Waals surface area contributed by atoms with E-state index in [0.29, 0.717) is 11.5 Å². The highest BCUT2D eigenvalue weighted by atomic mass is 16.5. The Kier molecular flexibility index (Phi) is 3.25. The van der Waals surface area contributed by atoms with Crippen molar-refractivity contribution in [3.05, 3.63) is 29.3 Å². The predicted molar refractivity (Wildman–Crippen MR) is 85.7 cm³/mol. The molecular formula is C19H27NO. The first-order valence-electron chi connectivity index (χ1n) is 8.59. The Bertz CT molecular complexity index is 540. The summed E-state index contributed by atoms with van der Waals surface area (Å²) in [7, 11) is 2.11. The van der Waals surface area contributed by atoms with Gasteiger partial charge in [-0.2, -0.15) is 0 Å². The van der Waals surface area contributed by atoms with Gasteiger partial charge in [-0.05, 0) is 68.5 Å². The van der Waals surface area contributed by atoms with Gasteiger partial charge in [0.05, 0.1) is 0 Å². The summed E-state index contributed by atoms with van der Waals surface area (Å²) in [5.41, 5.74) is 3.27. The highest BCUT2D eigenvalue weighted by Crippen LogP contribution is 2.58. The van der Waals surface area contributed by atoms with E-state index >= 15 is 0 Å². The fourth-order valence-electron chi connectivity index (χ4n) is 5.47. The maximum atomic E-state index is 6.28. The van der Waals surface area contributed by atoms with E-state index in [1.54, 1.807) is 0 Å². The normalized spacial score (nSPS) is 36.8. The maximum absolute atomic E-state index is 6.28. The second-order valence-corrected chi connectivity index (χ2v) is 7.73. The number of nitrogens with one attached hydrogen (secondary N) is 1. The molecular weight excluding hydrogens is 258 g/mol. The minimum atomic E-state index is 0.398. The fourth-order valence-corrected chi connectivity index (χ4v) is 5.47. The molecule has 1 N–H and O–H groups in total. The number of hydrogen-bond donors (Lipinski definition) is 1. The Morgan fingerprint density at radius 2 is 2.24 bits per heavy atom. The third kappa shape index (κ3) is 2.28. The van der Waals surface area contributed by atoms with Crippen molar-refractivity contribution in [2.45, 2.75) is 51.6 Å². The van der Waals surface area contributed by atoms with E-state index in [0.717, 1.165) is 24.0 Å². The van der Waals surface area contributed by atoms with Crippen LogP contribution in [0.2, 0.25) is 0 Å². The van der Waals surface area contributed by atoms with E-state index in [-0.39, 0.29) is 0 Å². The number of rotatable bonds is 4. The molecule has 114 valence electrons. The summed E-state index contributed by atoms with van der Waals surface area (Å²) in [6.45, 7) is 3.34. The fraction of sp³-hybridized carbons (Fsp3) is 0.684. The first-order chi connectivity index (χ1) is 10.2. The largest absolute Gasteiger partial charge is 0.490 e. The molecule has 2 nitrogen and oxygen atoms in total. The van der Waals surface area contributed by atoms with Crippen LogP contribution >= 0.6 is 0 Å². The molecule has 2 bridgehead atoms. The molecule has 0 radical (unpaired) electrons. The highest BCUT2D eigenvalue weighted by Gasteiger charge is 2.51. The Balaban J connectivity index is 1.51. The maximum Gasteiger partial charge on any atom is 0.123 e. The zero-order valence-corrected chi connectivity index (χ0v) is 13.3. The topological polar surface area (TPSA) is 21.3 Å². The minimum absolute atomic E-state index is 0.398. The van der Waals surface area contributed by atoms with Crippen molar-refractivity contribution in [3.8, 4) is 5.75 Å². The van der Waals surface area contributed by atoms with Gasteiger partial charge in [-0.1, -0.05) is 24.1 Å². The van der Waals surface area contributed by atoms with Gasteiger partial charge in [0, 0.05) is 13.0 Å². The second kappa shape index (κ2) is 5.01. The van der Waals surface area contributed by atoms with Crippen LogP contribution in [-0.4, -0.2) is 19.7 Å². The molecule has 0 amide bonds. The summed E-state index contributed by atoms with van der Waals surface area (Å²) in [5.74, 6) is 3.06. The highest BCUT2D eigenvalue weighted by molar-refractivity contribution is 5.40. The summed E-state index contributed by atoms with van der Waals surface area (Å²) in [4.78, 5) is 0. The van der Waals surface area contributed by atoms with Gasteiger partial charge in [0.15, 0.2) is 0 Å². The number of ether oxygens (including phenoxy) is 1. The van der Waals surface area contributed by atoms with Crippen molar-refractivity contribution < 1.29 is 4.74 Å². The lowest BCUT2D eigenvalue weighted by Gasteiger charge is -2.39. The summed E-state index contributed by atoms with van der Waals surface area (Å²) in [6, 6.07) is 6.64. The van der Waals surface area contributed by atoms with Crippen molar-refractivity contribution in [1.29, 1.82) is 0 Å². The van der Waals surface area contributed by atoms with Crippen LogP contribution in [0.1, 0.15) is 43.2 Å². The van der Waals surface area contributed by atoms with Gasteiger partial charge in [0.2, 0.25) is 0 Å². The first kappa shape index (κ1) is 13.6. The van der Waals surface area contributed by atoms with E-state index in [1.165, 1.54) is 49.8 Å². The second-order valence-electron chi connectivity index (χ2n) is 7.73. The molecule has 4 atom stereocenters. The molecule has 2 saturated carbocycles. The van der Waals surface area contributed by atoms with Crippen LogP contribution in [0.15, 0.2) is 18.2 Å². The molecule has 1 aromatic rings. The number of hydrogen-bond acceptors (Lipinski definition) is 2. The lowest BCUT2D eigenvalue weighted by atomic mass is 9.69. The summed E-state index contributed by atoms with van der Waals surface area (Å²) < 4.78 is 6.28. The van der Waals surface area contributed by atoms with Gasteiger partial charge in [0.25, 0.3) is 0 Å². The van der Waals surface area contributed by atoms with Gasteiger partial charge >= 0.3 is 0 Å². The third-order valence-electron chi connectivity index (χ3n) is 6.22. The average Bonchev–Trinajstić information content (AvgIpc) is 3.12. The van der Waals surface area contributed by atoms with Gasteiger partial charge in [-0.15, -0.1) is 0 Å². The van der Waals surface area contributed by atoms with Crippen LogP contribution in [-0.2, 0) is 6.42 Å². The van der Waals surface area contributed by atoms with Gasteiger partial charge < -0.3 is 10.1 Å². The van der Waals surface area contributed by atoms with Crippen LogP contribution in [0, 0.1) is 24.2 Å². The van der Waals surface area contributed by atoms with Crippen LogP contribution in [0.25, 0.3) is 0 Å². The molecule has 1 aliphatic heterocycles. The Morgan fingerprint density at radius 3 is 2.95 bits per heavy atom. The lowest BCUT2D eigenvalue weighted by Crippen LogP contribution is -2.41. The first-order valence-corrected chi connectivity index (χ1v) is 8.59. The molecule has 4 unspecified atom stereocenters. The number of aryl methyl sites for hydroxylation is 1. The van der Waals surface area contributed by atoms with E-state index in [1.807, 2.05) is 0 Å². The predicted octanol–water partition coefficient (Wildman–Crippen LogP) is 3.71. The molecule has 2 aliphatic carbocycles. The SMILES string of the molecule is CNCC1(CC2Cc3cc(C)ccc3O2)CC2CCC1C2. The molecule has 0 saturated heterocycles. The van der Waals surface area contributed by atoms with Crippen LogP contribution in [0.5, 0.6) is 5.75 Å². The van der Waals surface area contributed by atoms with Gasteiger partial charge in [0.1, 0.15) is 11.9 Å². The van der Waals surface area contributed by atoms with Gasteiger partial charge in [-0.25, -0.2) is 0 Å². The summed E-state index contributed by atoms with van der Waals surface area (Å²) in [5, 5.41) is 3.48. The van der Waals surface area contributed by atoms with E-state index in [4.69, 9.17) is 4.74 Å². The molecule has 1 heterocycles. The molecule has 4 rings (SSSR count). The van der Waals surface area contributed by atoms with Gasteiger partial charge in [-0.3, -0.25) is 0 Å². The van der Waals surface area contributed by atoms with Crippen LogP contribution < -0.4 is 10.1 Å². The molecule has 1 aromatic carbocycles. The Labute approximate surface area is 128 Å². The number of benzene rings is 1. The molecule has 2 heteroatoms. The van der Waals surface area contributed by atoms with E-state index in [9.17, 15) is 0 Å². The standard InChI is InChI=1S/C19H27NO/c1-13-3-6-18-15(7-13)9-17(21-18)11-19(12-20-2)10-14-4-5-16(19)8-14/h3,6-7,14,16-17,20H,4-5,8-12H2,1-2H3. The molecule has 21 heavy (non-hydrogen) atoms. The molecule has 0 spiro atoms. The van der Waals surface area contributed by atoms with Crippen molar-refractivity contribution in [2.75, 3.05) is 13.6 Å². The van der Waals surface area contributed by atoms with Crippen molar-refractivity contribution in [2.24, 2.45) is 17.3 Å². The van der Waals surface area contributed by atoms with Crippen molar-refractivity contribution >= 4 is 0 Å². The van der Waals surface area contributed by atoms with Crippen LogP contribution in [0.3, 0.4) is 0 Å². The van der Waals surface area contributed by atoms with Crippen molar-refractivity contribution in [1.82, 2.24) is 5.32 Å².